The third-order valence-electron chi connectivity index (χ3n) is 3.60. The second kappa shape index (κ2) is 6.08. The highest BCUT2D eigenvalue weighted by Gasteiger charge is 2.23. The quantitative estimate of drug-likeness (QED) is 0.913. The van der Waals surface area contributed by atoms with Crippen LogP contribution in [0.25, 0.3) is 0 Å². The topological polar surface area (TPSA) is 44.5 Å². The van der Waals surface area contributed by atoms with Gasteiger partial charge in [0, 0.05) is 22.5 Å². The summed E-state index contributed by atoms with van der Waals surface area (Å²) in [7, 11) is 0. The van der Waals surface area contributed by atoms with Crippen LogP contribution >= 0.6 is 15.9 Å². The van der Waals surface area contributed by atoms with Gasteiger partial charge in [-0.25, -0.2) is 0 Å². The van der Waals surface area contributed by atoms with Crippen LogP contribution in [0.2, 0.25) is 0 Å². The number of hydrogen-bond acceptors (Lipinski definition) is 3. The van der Waals surface area contributed by atoms with Crippen molar-refractivity contribution in [1.82, 2.24) is 0 Å². The summed E-state index contributed by atoms with van der Waals surface area (Å²) >= 11 is 3.47. The molecule has 0 spiro atoms. The van der Waals surface area contributed by atoms with Crippen LogP contribution in [-0.2, 0) is 6.42 Å². The van der Waals surface area contributed by atoms with Crippen molar-refractivity contribution in [1.29, 1.82) is 0 Å². The summed E-state index contributed by atoms with van der Waals surface area (Å²) in [4.78, 5) is 0. The van der Waals surface area contributed by atoms with Gasteiger partial charge in [0.15, 0.2) is 0 Å². The molecule has 0 aromatic heterocycles. The molecule has 1 aliphatic heterocycles. The normalized spacial score (nSPS) is 18.0. The fourth-order valence-electron chi connectivity index (χ4n) is 2.54. The smallest absolute Gasteiger partial charge is 0.137 e. The zero-order valence-corrected chi connectivity index (χ0v) is 13.5. The van der Waals surface area contributed by atoms with Crippen LogP contribution in [-0.4, -0.2) is 12.7 Å². The Hall–Kier alpha value is -1.52. The van der Waals surface area contributed by atoms with Crippen LogP contribution in [0.5, 0.6) is 11.5 Å². The molecule has 2 aromatic rings. The lowest BCUT2D eigenvalue weighted by atomic mass is 10.1. The Bertz CT molecular complexity index is 617. The Morgan fingerprint density at radius 3 is 2.90 bits per heavy atom. The average Bonchev–Trinajstić information content (AvgIpc) is 2.88. The van der Waals surface area contributed by atoms with E-state index in [0.717, 1.165) is 28.0 Å². The predicted molar refractivity (Wildman–Crippen MR) is 86.8 cm³/mol. The number of ether oxygens (including phenoxy) is 2. The highest BCUT2D eigenvalue weighted by atomic mass is 79.9. The summed E-state index contributed by atoms with van der Waals surface area (Å²) in [5.41, 5.74) is 8.25. The van der Waals surface area contributed by atoms with E-state index < -0.39 is 0 Å². The first-order valence-corrected chi connectivity index (χ1v) is 7.85. The molecule has 4 heteroatoms. The van der Waals surface area contributed by atoms with Gasteiger partial charge < -0.3 is 15.2 Å². The van der Waals surface area contributed by atoms with Gasteiger partial charge in [-0.3, -0.25) is 0 Å². The Kier molecular flexibility index (Phi) is 4.17. The minimum atomic E-state index is -0.0702. The highest BCUT2D eigenvalue weighted by Crippen LogP contribution is 2.30. The van der Waals surface area contributed by atoms with Crippen molar-refractivity contribution in [2.24, 2.45) is 5.73 Å². The molecule has 110 valence electrons. The van der Waals surface area contributed by atoms with Gasteiger partial charge in [-0.15, -0.1) is 0 Å². The van der Waals surface area contributed by atoms with E-state index in [1.807, 2.05) is 43.3 Å². The zero-order chi connectivity index (χ0) is 14.8. The zero-order valence-electron chi connectivity index (χ0n) is 11.9. The molecule has 0 saturated heterocycles. The Labute approximate surface area is 133 Å². The van der Waals surface area contributed by atoms with Gasteiger partial charge in [0.1, 0.15) is 24.2 Å². The first-order chi connectivity index (χ1) is 10.1. The van der Waals surface area contributed by atoms with Crippen molar-refractivity contribution in [3.63, 3.8) is 0 Å². The van der Waals surface area contributed by atoms with Gasteiger partial charge in [0.05, 0.1) is 0 Å². The summed E-state index contributed by atoms with van der Waals surface area (Å²) in [6.45, 7) is 2.48. The Morgan fingerprint density at radius 1 is 1.33 bits per heavy atom. The molecule has 1 heterocycles. The minimum absolute atomic E-state index is 0.0620. The highest BCUT2D eigenvalue weighted by molar-refractivity contribution is 9.10. The molecular weight excluding hydrogens is 330 g/mol. The molecule has 1 unspecified atom stereocenters. The fraction of sp³-hybridized carbons (Fsp3) is 0.294. The molecule has 0 fully saturated rings. The number of hydrogen-bond donors (Lipinski definition) is 1. The van der Waals surface area contributed by atoms with Crippen LogP contribution in [0.4, 0.5) is 0 Å². The van der Waals surface area contributed by atoms with Crippen molar-refractivity contribution in [3.05, 3.63) is 58.1 Å². The molecule has 1 aliphatic rings. The second-order valence-corrected chi connectivity index (χ2v) is 6.25. The summed E-state index contributed by atoms with van der Waals surface area (Å²) in [6.07, 6.45) is 0.951. The lowest BCUT2D eigenvalue weighted by molar-refractivity contribution is 0.147. The predicted octanol–water partition coefficient (Wildman–Crippen LogP) is 3.85. The molecule has 0 saturated carbocycles. The second-order valence-electron chi connectivity index (χ2n) is 5.33. The molecule has 0 amide bonds. The summed E-state index contributed by atoms with van der Waals surface area (Å²) in [6, 6.07) is 14.0. The summed E-state index contributed by atoms with van der Waals surface area (Å²) in [5.74, 6) is 1.79. The molecular formula is C17H18BrNO2. The van der Waals surface area contributed by atoms with Gasteiger partial charge in [0.25, 0.3) is 0 Å². The van der Waals surface area contributed by atoms with E-state index in [4.69, 9.17) is 15.2 Å². The Morgan fingerprint density at radius 2 is 2.14 bits per heavy atom. The third-order valence-corrected chi connectivity index (χ3v) is 4.09. The van der Waals surface area contributed by atoms with Crippen molar-refractivity contribution >= 4 is 15.9 Å². The molecule has 2 aromatic carbocycles. The van der Waals surface area contributed by atoms with Crippen LogP contribution in [0.1, 0.15) is 24.1 Å². The van der Waals surface area contributed by atoms with E-state index >= 15 is 0 Å². The number of nitrogens with two attached hydrogens (primary N) is 1. The average molecular weight is 348 g/mol. The standard InChI is InChI=1S/C17H18BrNO2/c1-11(19)15-9-13(18)6-7-17(15)20-10-14-8-12-4-2-3-5-16(12)21-14/h2-7,9,11,14H,8,10,19H2,1H3/t11-,14?/m0/s1. The van der Waals surface area contributed by atoms with E-state index in [-0.39, 0.29) is 12.1 Å². The summed E-state index contributed by atoms with van der Waals surface area (Å²) < 4.78 is 12.8. The van der Waals surface area contributed by atoms with E-state index in [2.05, 4.69) is 22.0 Å². The number of halogens is 1. The molecule has 3 rings (SSSR count). The van der Waals surface area contributed by atoms with Gasteiger partial charge in [-0.2, -0.15) is 0 Å². The van der Waals surface area contributed by atoms with Gasteiger partial charge in [-0.1, -0.05) is 34.1 Å². The number of rotatable bonds is 4. The molecule has 0 radical (unpaired) electrons. The summed E-state index contributed by atoms with van der Waals surface area (Å²) in [5, 5.41) is 0. The first-order valence-electron chi connectivity index (χ1n) is 7.06. The maximum absolute atomic E-state index is 6.00. The monoisotopic (exact) mass is 347 g/mol. The largest absolute Gasteiger partial charge is 0.489 e. The Balaban J connectivity index is 1.67. The van der Waals surface area contributed by atoms with Crippen LogP contribution in [0.3, 0.4) is 0 Å². The van der Waals surface area contributed by atoms with Gasteiger partial charge in [-0.05, 0) is 36.8 Å². The molecule has 0 bridgehead atoms. The van der Waals surface area contributed by atoms with Crippen LogP contribution in [0, 0.1) is 0 Å². The van der Waals surface area contributed by atoms with Crippen molar-refractivity contribution in [2.75, 3.05) is 6.61 Å². The maximum atomic E-state index is 6.00. The van der Waals surface area contributed by atoms with Crippen molar-refractivity contribution in [3.8, 4) is 11.5 Å². The van der Waals surface area contributed by atoms with Crippen LogP contribution < -0.4 is 15.2 Å². The van der Waals surface area contributed by atoms with E-state index in [0.29, 0.717) is 6.61 Å². The molecule has 21 heavy (non-hydrogen) atoms. The van der Waals surface area contributed by atoms with E-state index in [1.165, 1.54) is 5.56 Å². The number of fused-ring (bicyclic) bond motifs is 1. The fourth-order valence-corrected chi connectivity index (χ4v) is 2.92. The lowest BCUT2D eigenvalue weighted by Gasteiger charge is -2.17. The van der Waals surface area contributed by atoms with Gasteiger partial charge in [0.2, 0.25) is 0 Å². The van der Waals surface area contributed by atoms with Crippen molar-refractivity contribution < 1.29 is 9.47 Å². The maximum Gasteiger partial charge on any atom is 0.137 e. The number of benzene rings is 2. The number of para-hydroxylation sites is 1. The first kappa shape index (κ1) is 14.4. The SMILES string of the molecule is C[C@H](N)c1cc(Br)ccc1OCC1Cc2ccccc2O1. The molecule has 3 nitrogen and oxygen atoms in total. The van der Waals surface area contributed by atoms with E-state index in [1.54, 1.807) is 0 Å². The minimum Gasteiger partial charge on any atom is -0.489 e. The van der Waals surface area contributed by atoms with Gasteiger partial charge >= 0.3 is 0 Å². The van der Waals surface area contributed by atoms with E-state index in [9.17, 15) is 0 Å². The lowest BCUT2D eigenvalue weighted by Crippen LogP contribution is -2.23. The van der Waals surface area contributed by atoms with Crippen molar-refractivity contribution in [2.45, 2.75) is 25.5 Å². The van der Waals surface area contributed by atoms with Crippen LogP contribution in [0.15, 0.2) is 46.9 Å². The molecule has 0 aliphatic carbocycles. The molecule has 2 N–H and O–H groups in total. The third kappa shape index (κ3) is 3.22. The molecule has 2 atom stereocenters.